The molecule has 4 N–H and O–H groups in total. The predicted octanol–water partition coefficient (Wildman–Crippen LogP) is 1.93. The van der Waals surface area contributed by atoms with Crippen molar-refractivity contribution in [1.82, 2.24) is 6.15 Å². The van der Waals surface area contributed by atoms with Crippen LogP contribution in [0.5, 0.6) is 0 Å². The zero-order valence-corrected chi connectivity index (χ0v) is 10.4. The molecule has 0 aromatic heterocycles. The Morgan fingerprint density at radius 2 is 1.45 bits per heavy atom. The molecule has 0 saturated carbocycles. The fraction of sp³-hybridized carbons (Fsp3) is 0. The lowest BCUT2D eigenvalue weighted by atomic mass is 10.1. The summed E-state index contributed by atoms with van der Waals surface area (Å²) in [5.74, 6) is 1.55. The van der Waals surface area contributed by atoms with E-state index in [0.717, 1.165) is 12.2 Å². The topological polar surface area (TPSA) is 178 Å². The fourth-order valence-corrected chi connectivity index (χ4v) is 0.884. The second-order valence-electron chi connectivity index (χ2n) is 2.77. The summed E-state index contributed by atoms with van der Waals surface area (Å²) < 4.78 is 0. The van der Waals surface area contributed by atoms with E-state index in [9.17, 15) is 0 Å². The summed E-state index contributed by atoms with van der Waals surface area (Å²) >= 11 is 0. The van der Waals surface area contributed by atoms with E-state index in [2.05, 4.69) is 0 Å². The van der Waals surface area contributed by atoms with E-state index in [1.54, 1.807) is 36.2 Å². The lowest BCUT2D eigenvalue weighted by Crippen LogP contribution is -1.84. The molecule has 0 amide bonds. The molecule has 0 atom stereocenters. The SMILES string of the molecule is N#CC(=C=[N-])C(C#N)=CC=CC(C#N)=C(C#N)C#N.[NH4+]. The first kappa shape index (κ1) is 18.4. The Morgan fingerprint density at radius 1 is 0.850 bits per heavy atom. The molecule has 0 bridgehead atoms. The lowest BCUT2D eigenvalue weighted by molar-refractivity contribution is 1.42. The van der Waals surface area contributed by atoms with E-state index in [1.165, 1.54) is 6.08 Å². The van der Waals surface area contributed by atoms with Crippen LogP contribution in [0.3, 0.4) is 0 Å². The minimum absolute atomic E-state index is 0. The Kier molecular flexibility index (Phi) is 9.45. The molecular formula is C13H7N7. The first-order valence-electron chi connectivity index (χ1n) is 4.59. The van der Waals surface area contributed by atoms with Crippen molar-refractivity contribution < 1.29 is 0 Å². The van der Waals surface area contributed by atoms with Crippen molar-refractivity contribution >= 4 is 5.87 Å². The maximum absolute atomic E-state index is 8.73. The van der Waals surface area contributed by atoms with Gasteiger partial charge in [0.25, 0.3) is 0 Å². The van der Waals surface area contributed by atoms with E-state index < -0.39 is 0 Å². The number of hydrogen-bond donors (Lipinski definition) is 1. The Labute approximate surface area is 115 Å². The maximum Gasteiger partial charge on any atom is 0.147 e. The Hall–Kier alpha value is -3.92. The zero-order valence-electron chi connectivity index (χ0n) is 10.4. The van der Waals surface area contributed by atoms with E-state index >= 15 is 0 Å². The minimum atomic E-state index is -0.365. The predicted molar refractivity (Wildman–Crippen MR) is 70.2 cm³/mol. The highest BCUT2D eigenvalue weighted by atomic mass is 14.3. The van der Waals surface area contributed by atoms with Gasteiger partial charge in [0.1, 0.15) is 35.9 Å². The minimum Gasteiger partial charge on any atom is -0.762 e. The van der Waals surface area contributed by atoms with Crippen molar-refractivity contribution in [3.8, 4) is 30.3 Å². The number of nitriles is 5. The summed E-state index contributed by atoms with van der Waals surface area (Å²) in [5.41, 5.74) is -1.08. The average Bonchev–Trinajstić information content (AvgIpc) is 2.45. The van der Waals surface area contributed by atoms with Gasteiger partial charge in [-0.25, -0.2) is 5.87 Å². The highest BCUT2D eigenvalue weighted by Crippen LogP contribution is 2.07. The second-order valence-corrected chi connectivity index (χ2v) is 2.77. The van der Waals surface area contributed by atoms with Crippen molar-refractivity contribution in [3.63, 3.8) is 0 Å². The fourth-order valence-electron chi connectivity index (χ4n) is 0.884. The van der Waals surface area contributed by atoms with Crippen molar-refractivity contribution in [2.75, 3.05) is 0 Å². The van der Waals surface area contributed by atoms with Crippen molar-refractivity contribution in [1.29, 1.82) is 26.3 Å². The molecule has 0 aromatic carbocycles. The molecule has 94 valence electrons. The first-order valence-corrected chi connectivity index (χ1v) is 4.59. The van der Waals surface area contributed by atoms with Crippen LogP contribution in [-0.2, 0) is 0 Å². The van der Waals surface area contributed by atoms with Gasteiger partial charge in [-0.3, -0.25) is 0 Å². The summed E-state index contributed by atoms with van der Waals surface area (Å²) in [6, 6.07) is 7.95. The molecule has 0 radical (unpaired) electrons. The molecule has 0 rings (SSSR count). The monoisotopic (exact) mass is 261 g/mol. The van der Waals surface area contributed by atoms with Gasteiger partial charge in [-0.1, -0.05) is 6.08 Å². The first-order chi connectivity index (χ1) is 9.18. The molecule has 0 aliphatic carbocycles. The van der Waals surface area contributed by atoms with Crippen LogP contribution in [0, 0.1) is 56.7 Å². The molecule has 0 saturated heterocycles. The van der Waals surface area contributed by atoms with E-state index in [1.807, 2.05) is 0 Å². The zero-order chi connectivity index (χ0) is 14.7. The summed E-state index contributed by atoms with van der Waals surface area (Å²) in [4.78, 5) is 0. The maximum atomic E-state index is 8.73. The third kappa shape index (κ3) is 4.94. The van der Waals surface area contributed by atoms with Crippen LogP contribution < -0.4 is 6.15 Å². The van der Waals surface area contributed by atoms with Crippen molar-refractivity contribution in [2.24, 2.45) is 0 Å². The number of quaternary nitrogens is 1. The van der Waals surface area contributed by atoms with Gasteiger partial charge < -0.3 is 11.6 Å². The Morgan fingerprint density at radius 3 is 1.80 bits per heavy atom. The van der Waals surface area contributed by atoms with Crippen molar-refractivity contribution in [2.45, 2.75) is 0 Å². The highest BCUT2D eigenvalue weighted by molar-refractivity contribution is 5.75. The van der Waals surface area contributed by atoms with Crippen LogP contribution in [0.4, 0.5) is 0 Å². The molecule has 7 nitrogen and oxygen atoms in total. The molecule has 0 fully saturated rings. The second kappa shape index (κ2) is 10.2. The summed E-state index contributed by atoms with van der Waals surface area (Å²) in [6.45, 7) is 0. The molecular weight excluding hydrogens is 254 g/mol. The van der Waals surface area contributed by atoms with Crippen LogP contribution >= 0.6 is 0 Å². The van der Waals surface area contributed by atoms with Crippen LogP contribution in [0.15, 0.2) is 40.5 Å². The molecule has 7 heteroatoms. The van der Waals surface area contributed by atoms with Crippen LogP contribution in [-0.4, -0.2) is 5.87 Å². The average molecular weight is 261 g/mol. The van der Waals surface area contributed by atoms with Crippen LogP contribution in [0.1, 0.15) is 0 Å². The van der Waals surface area contributed by atoms with Crippen LogP contribution in [0.2, 0.25) is 0 Å². The summed E-state index contributed by atoms with van der Waals surface area (Å²) in [6.07, 6.45) is 3.50. The standard InChI is InChI=1S/C13H3N6.H3N/c14-4-10(12(6-16)7-17)2-1-3-11(5-15)13(8-18)9-19;/h1-3H;1H3/q-1;/p+1. The number of allylic oxidation sites excluding steroid dienone is 7. The normalized spacial score (nSPS) is 8.45. The Balaban J connectivity index is 0. The van der Waals surface area contributed by atoms with Gasteiger partial charge in [0, 0.05) is 0 Å². The van der Waals surface area contributed by atoms with Crippen molar-refractivity contribution in [3.05, 3.63) is 45.9 Å². The largest absolute Gasteiger partial charge is 0.762 e. The van der Waals surface area contributed by atoms with Gasteiger partial charge in [0.15, 0.2) is 0 Å². The third-order valence-corrected chi connectivity index (χ3v) is 1.75. The van der Waals surface area contributed by atoms with Gasteiger partial charge in [0.2, 0.25) is 0 Å². The number of rotatable bonds is 3. The molecule has 0 unspecified atom stereocenters. The summed E-state index contributed by atoms with van der Waals surface area (Å²) in [7, 11) is 0. The Bertz CT molecular complexity index is 708. The van der Waals surface area contributed by atoms with E-state index in [0.29, 0.717) is 0 Å². The molecule has 0 aromatic rings. The lowest BCUT2D eigenvalue weighted by Gasteiger charge is -1.91. The molecule has 20 heavy (non-hydrogen) atoms. The van der Waals surface area contributed by atoms with Gasteiger partial charge in [0.05, 0.1) is 16.7 Å². The molecule has 0 aliphatic rings. The smallest absolute Gasteiger partial charge is 0.147 e. The highest BCUT2D eigenvalue weighted by Gasteiger charge is 2.01. The molecule has 0 spiro atoms. The van der Waals surface area contributed by atoms with Crippen LogP contribution in [0.25, 0.3) is 5.41 Å². The quantitative estimate of drug-likeness (QED) is 0.462. The summed E-state index contributed by atoms with van der Waals surface area (Å²) in [5, 5.41) is 51.7. The van der Waals surface area contributed by atoms with E-state index in [4.69, 9.17) is 31.7 Å². The van der Waals surface area contributed by atoms with Gasteiger partial charge >= 0.3 is 0 Å². The molecule has 0 heterocycles. The van der Waals surface area contributed by atoms with Gasteiger partial charge in [-0.05, 0) is 12.2 Å². The van der Waals surface area contributed by atoms with Gasteiger partial charge in [-0.15, -0.1) is 0 Å². The number of hydrogen-bond acceptors (Lipinski definition) is 5. The number of nitrogens with zero attached hydrogens (tertiary/aromatic N) is 6. The van der Waals surface area contributed by atoms with Gasteiger partial charge in [-0.2, -0.15) is 26.3 Å². The third-order valence-electron chi connectivity index (χ3n) is 1.75. The van der Waals surface area contributed by atoms with E-state index in [-0.39, 0.29) is 28.4 Å². The molecule has 0 aliphatic heterocycles.